The molecular formula is C14H23NO4. The Morgan fingerprint density at radius 2 is 1.84 bits per heavy atom. The topological polar surface area (TPSA) is 82.0 Å². The smallest absolute Gasteiger partial charge is 0.122 e. The molecule has 0 amide bonds. The molecule has 1 aromatic carbocycles. The zero-order chi connectivity index (χ0) is 14.3. The van der Waals surface area contributed by atoms with Gasteiger partial charge < -0.3 is 25.4 Å². The molecule has 19 heavy (non-hydrogen) atoms. The Balaban J connectivity index is 2.29. The van der Waals surface area contributed by atoms with Gasteiger partial charge >= 0.3 is 0 Å². The van der Waals surface area contributed by atoms with Crippen LogP contribution < -0.4 is 10.1 Å². The van der Waals surface area contributed by atoms with Crippen LogP contribution in [0, 0.1) is 13.8 Å². The highest BCUT2D eigenvalue weighted by molar-refractivity contribution is 5.35. The lowest BCUT2D eigenvalue weighted by atomic mass is 10.1. The third-order valence-corrected chi connectivity index (χ3v) is 2.75. The molecule has 0 aliphatic rings. The molecule has 0 saturated carbocycles. The van der Waals surface area contributed by atoms with E-state index in [1.54, 1.807) is 0 Å². The van der Waals surface area contributed by atoms with Crippen molar-refractivity contribution in [2.24, 2.45) is 0 Å². The fourth-order valence-electron chi connectivity index (χ4n) is 1.59. The van der Waals surface area contributed by atoms with Gasteiger partial charge in [-0.05, 0) is 31.0 Å². The molecule has 108 valence electrons. The van der Waals surface area contributed by atoms with E-state index in [1.165, 1.54) is 0 Å². The maximum Gasteiger partial charge on any atom is 0.122 e. The molecule has 0 bridgehead atoms. The van der Waals surface area contributed by atoms with Gasteiger partial charge in [-0.25, -0.2) is 0 Å². The Bertz CT molecular complexity index is 384. The number of nitrogens with one attached hydrogen (secondary N) is 1. The normalized spacial score (nSPS) is 14.2. The summed E-state index contributed by atoms with van der Waals surface area (Å²) in [5.41, 5.74) is 2.14. The fraction of sp³-hybridized carbons (Fsp3) is 0.571. The van der Waals surface area contributed by atoms with Gasteiger partial charge in [0, 0.05) is 13.1 Å². The molecule has 5 nitrogen and oxygen atoms in total. The number of ether oxygens (including phenoxy) is 1. The van der Waals surface area contributed by atoms with Crippen LogP contribution in [0.25, 0.3) is 0 Å². The molecule has 0 heterocycles. The second-order valence-electron chi connectivity index (χ2n) is 4.73. The Labute approximate surface area is 113 Å². The lowest BCUT2D eigenvalue weighted by Crippen LogP contribution is -2.37. The van der Waals surface area contributed by atoms with Crippen LogP contribution in [0.3, 0.4) is 0 Å². The molecular weight excluding hydrogens is 246 g/mol. The summed E-state index contributed by atoms with van der Waals surface area (Å²) in [5, 5.41) is 30.3. The van der Waals surface area contributed by atoms with E-state index in [2.05, 4.69) is 5.32 Å². The Kier molecular flexibility index (Phi) is 6.80. The van der Waals surface area contributed by atoms with Gasteiger partial charge in [0.15, 0.2) is 0 Å². The predicted octanol–water partition coefficient (Wildman–Crippen LogP) is -0.0141. The van der Waals surface area contributed by atoms with E-state index in [0.29, 0.717) is 6.54 Å². The number of aliphatic hydroxyl groups excluding tert-OH is 3. The van der Waals surface area contributed by atoms with Crippen molar-refractivity contribution in [2.75, 3.05) is 26.3 Å². The largest absolute Gasteiger partial charge is 0.491 e. The summed E-state index contributed by atoms with van der Waals surface area (Å²) in [6, 6.07) is 5.92. The molecule has 0 fully saturated rings. The van der Waals surface area contributed by atoms with Crippen molar-refractivity contribution < 1.29 is 20.1 Å². The summed E-state index contributed by atoms with van der Waals surface area (Å²) in [4.78, 5) is 0. The molecule has 1 aromatic rings. The van der Waals surface area contributed by atoms with E-state index in [1.807, 2.05) is 32.0 Å². The molecule has 5 heteroatoms. The lowest BCUT2D eigenvalue weighted by Gasteiger charge is -2.16. The first kappa shape index (κ1) is 15.9. The minimum Gasteiger partial charge on any atom is -0.491 e. The quantitative estimate of drug-likeness (QED) is 0.533. The minimum absolute atomic E-state index is 0.187. The highest BCUT2D eigenvalue weighted by Gasteiger charge is 2.08. The van der Waals surface area contributed by atoms with Crippen molar-refractivity contribution in [3.63, 3.8) is 0 Å². The summed E-state index contributed by atoms with van der Waals surface area (Å²) >= 11 is 0. The average molecular weight is 269 g/mol. The van der Waals surface area contributed by atoms with Gasteiger partial charge in [-0.3, -0.25) is 0 Å². The van der Waals surface area contributed by atoms with Crippen molar-refractivity contribution in [3.8, 4) is 5.75 Å². The highest BCUT2D eigenvalue weighted by atomic mass is 16.5. The zero-order valence-corrected chi connectivity index (χ0v) is 11.5. The van der Waals surface area contributed by atoms with Crippen LogP contribution in [0.15, 0.2) is 18.2 Å². The van der Waals surface area contributed by atoms with Crippen LogP contribution >= 0.6 is 0 Å². The monoisotopic (exact) mass is 269 g/mol. The second-order valence-corrected chi connectivity index (χ2v) is 4.73. The predicted molar refractivity (Wildman–Crippen MR) is 73.4 cm³/mol. The van der Waals surface area contributed by atoms with E-state index in [0.717, 1.165) is 16.9 Å². The van der Waals surface area contributed by atoms with Gasteiger partial charge in [0.2, 0.25) is 0 Å². The third-order valence-electron chi connectivity index (χ3n) is 2.75. The maximum absolute atomic E-state index is 9.72. The molecule has 0 radical (unpaired) electrons. The number of benzene rings is 1. The van der Waals surface area contributed by atoms with Crippen LogP contribution in [-0.2, 0) is 0 Å². The van der Waals surface area contributed by atoms with Gasteiger partial charge in [-0.1, -0.05) is 12.1 Å². The second kappa shape index (κ2) is 8.12. The summed E-state index contributed by atoms with van der Waals surface area (Å²) in [7, 11) is 0. The number of hydrogen-bond acceptors (Lipinski definition) is 5. The molecule has 0 aromatic heterocycles. The number of rotatable bonds is 8. The van der Waals surface area contributed by atoms with Crippen molar-refractivity contribution in [3.05, 3.63) is 29.3 Å². The summed E-state index contributed by atoms with van der Waals surface area (Å²) in [6.45, 7) is 4.39. The minimum atomic E-state index is -0.799. The number of aliphatic hydroxyl groups is 3. The first-order chi connectivity index (χ1) is 9.02. The molecule has 4 N–H and O–H groups in total. The fourth-order valence-corrected chi connectivity index (χ4v) is 1.59. The first-order valence-electron chi connectivity index (χ1n) is 6.40. The molecule has 1 rings (SSSR count). The van der Waals surface area contributed by atoms with Gasteiger partial charge in [0.05, 0.1) is 12.7 Å². The van der Waals surface area contributed by atoms with E-state index >= 15 is 0 Å². The Morgan fingerprint density at radius 3 is 2.53 bits per heavy atom. The molecule has 0 saturated heterocycles. The third kappa shape index (κ3) is 6.02. The average Bonchev–Trinajstić information content (AvgIpc) is 2.39. The van der Waals surface area contributed by atoms with E-state index in [4.69, 9.17) is 14.9 Å². The van der Waals surface area contributed by atoms with Crippen LogP contribution in [0.2, 0.25) is 0 Å². The molecule has 0 aliphatic carbocycles. The molecule has 0 spiro atoms. The highest BCUT2D eigenvalue weighted by Crippen LogP contribution is 2.19. The molecule has 0 aliphatic heterocycles. The summed E-state index contributed by atoms with van der Waals surface area (Å²) in [5.74, 6) is 0.773. The standard InChI is InChI=1S/C14H23NO4/c1-10-3-4-11(2)14(5-10)19-9-13(18)7-15-6-12(17)8-16/h3-5,12-13,15-18H,6-9H2,1-2H3. The van der Waals surface area contributed by atoms with Crippen molar-refractivity contribution >= 4 is 0 Å². The maximum atomic E-state index is 9.72. The van der Waals surface area contributed by atoms with Crippen LogP contribution in [-0.4, -0.2) is 53.8 Å². The number of hydrogen-bond donors (Lipinski definition) is 4. The van der Waals surface area contributed by atoms with Crippen molar-refractivity contribution in [2.45, 2.75) is 26.1 Å². The first-order valence-corrected chi connectivity index (χ1v) is 6.40. The van der Waals surface area contributed by atoms with Crippen molar-refractivity contribution in [1.29, 1.82) is 0 Å². The molecule has 2 unspecified atom stereocenters. The van der Waals surface area contributed by atoms with E-state index in [9.17, 15) is 5.11 Å². The van der Waals surface area contributed by atoms with E-state index in [-0.39, 0.29) is 19.8 Å². The number of aryl methyl sites for hydroxylation is 2. The Morgan fingerprint density at radius 1 is 1.16 bits per heavy atom. The van der Waals surface area contributed by atoms with Crippen LogP contribution in [0.4, 0.5) is 0 Å². The van der Waals surface area contributed by atoms with Gasteiger partial charge in [0.25, 0.3) is 0 Å². The Hall–Kier alpha value is -1.14. The van der Waals surface area contributed by atoms with Crippen LogP contribution in [0.5, 0.6) is 5.75 Å². The van der Waals surface area contributed by atoms with Gasteiger partial charge in [-0.2, -0.15) is 0 Å². The lowest BCUT2D eigenvalue weighted by molar-refractivity contribution is 0.0794. The molecule has 2 atom stereocenters. The summed E-state index contributed by atoms with van der Waals surface area (Å²) in [6.07, 6.45) is -1.46. The summed E-state index contributed by atoms with van der Waals surface area (Å²) < 4.78 is 5.56. The van der Waals surface area contributed by atoms with Crippen molar-refractivity contribution in [1.82, 2.24) is 5.32 Å². The van der Waals surface area contributed by atoms with E-state index < -0.39 is 12.2 Å². The van der Waals surface area contributed by atoms with Gasteiger partial charge in [-0.15, -0.1) is 0 Å². The SMILES string of the molecule is Cc1ccc(C)c(OCC(O)CNCC(O)CO)c1. The van der Waals surface area contributed by atoms with Gasteiger partial charge in [0.1, 0.15) is 18.5 Å². The van der Waals surface area contributed by atoms with Crippen LogP contribution in [0.1, 0.15) is 11.1 Å². The zero-order valence-electron chi connectivity index (χ0n) is 11.5.